The molecule has 0 aromatic carbocycles. The lowest BCUT2D eigenvalue weighted by Gasteiger charge is -2.17. The number of nitrogens with one attached hydrogen (secondary N) is 2. The van der Waals surface area contributed by atoms with Gasteiger partial charge in [-0.2, -0.15) is 0 Å². The molecule has 2 aliphatic heterocycles. The number of amidine groups is 1. The van der Waals surface area contributed by atoms with Crippen LogP contribution >= 0.6 is 0 Å². The van der Waals surface area contributed by atoms with Gasteiger partial charge in [0.15, 0.2) is 0 Å². The van der Waals surface area contributed by atoms with Gasteiger partial charge in [0, 0.05) is 18.3 Å². The van der Waals surface area contributed by atoms with Crippen molar-refractivity contribution in [2.45, 2.75) is 20.3 Å². The Labute approximate surface area is 86.0 Å². The molecule has 2 heterocycles. The SMILES string of the molecule is C1=CNC(C2=CCCNC2)=NC1.CC. The summed E-state index contributed by atoms with van der Waals surface area (Å²) in [5.74, 6) is 1.03. The minimum Gasteiger partial charge on any atom is -0.347 e. The first kappa shape index (κ1) is 11.0. The highest BCUT2D eigenvalue weighted by Crippen LogP contribution is 2.04. The van der Waals surface area contributed by atoms with Crippen molar-refractivity contribution in [1.29, 1.82) is 0 Å². The first-order chi connectivity index (χ1) is 6.97. The molecule has 0 amide bonds. The highest BCUT2D eigenvalue weighted by Gasteiger charge is 2.09. The third-order valence-corrected chi connectivity index (χ3v) is 2.02. The van der Waals surface area contributed by atoms with Gasteiger partial charge in [-0.3, -0.25) is 4.99 Å². The summed E-state index contributed by atoms with van der Waals surface area (Å²) >= 11 is 0. The molecular formula is C11H19N3. The van der Waals surface area contributed by atoms with E-state index >= 15 is 0 Å². The summed E-state index contributed by atoms with van der Waals surface area (Å²) in [5, 5.41) is 6.47. The molecule has 0 aromatic rings. The molecule has 0 aromatic heterocycles. The van der Waals surface area contributed by atoms with Crippen LogP contribution in [0.25, 0.3) is 0 Å². The molecule has 0 saturated carbocycles. The van der Waals surface area contributed by atoms with E-state index in [0.29, 0.717) is 0 Å². The van der Waals surface area contributed by atoms with Gasteiger partial charge in [0.1, 0.15) is 5.84 Å². The van der Waals surface area contributed by atoms with Gasteiger partial charge in [-0.1, -0.05) is 19.9 Å². The lowest BCUT2D eigenvalue weighted by Crippen LogP contribution is -2.32. The number of rotatable bonds is 1. The second-order valence-corrected chi connectivity index (χ2v) is 2.93. The molecule has 0 saturated heterocycles. The second-order valence-electron chi connectivity index (χ2n) is 2.93. The average molecular weight is 193 g/mol. The van der Waals surface area contributed by atoms with Crippen LogP contribution in [0.4, 0.5) is 0 Å². The Balaban J connectivity index is 0.000000461. The van der Waals surface area contributed by atoms with Crippen molar-refractivity contribution in [2.75, 3.05) is 19.6 Å². The summed E-state index contributed by atoms with van der Waals surface area (Å²) in [6.45, 7) is 6.84. The number of aliphatic imine (C=N–C) groups is 1. The Kier molecular flexibility index (Phi) is 5.00. The molecule has 0 bridgehead atoms. The van der Waals surface area contributed by atoms with Crippen LogP contribution in [0.15, 0.2) is 28.9 Å². The minimum atomic E-state index is 0.805. The second kappa shape index (κ2) is 6.38. The van der Waals surface area contributed by atoms with Crippen LogP contribution in [-0.4, -0.2) is 25.5 Å². The Bertz CT molecular complexity index is 245. The maximum atomic E-state index is 4.36. The van der Waals surface area contributed by atoms with E-state index in [1.807, 2.05) is 26.1 Å². The van der Waals surface area contributed by atoms with Gasteiger partial charge < -0.3 is 10.6 Å². The minimum absolute atomic E-state index is 0.805. The van der Waals surface area contributed by atoms with Crippen molar-refractivity contribution >= 4 is 5.84 Å². The van der Waals surface area contributed by atoms with E-state index in [-0.39, 0.29) is 0 Å². The van der Waals surface area contributed by atoms with Crippen LogP contribution < -0.4 is 10.6 Å². The van der Waals surface area contributed by atoms with Crippen molar-refractivity contribution in [2.24, 2.45) is 4.99 Å². The molecule has 3 heteroatoms. The predicted molar refractivity (Wildman–Crippen MR) is 61.5 cm³/mol. The Morgan fingerprint density at radius 3 is 2.79 bits per heavy atom. The molecule has 0 atom stereocenters. The summed E-state index contributed by atoms with van der Waals surface area (Å²) in [7, 11) is 0. The van der Waals surface area contributed by atoms with E-state index in [1.165, 1.54) is 5.57 Å². The standard InChI is InChI=1S/C9H13N3.C2H6/c1-3-8(7-10-4-1)9-11-5-2-6-12-9;1-2/h2-3,5,10H,1,4,6-7H2,(H,11,12);1-2H3. The molecule has 0 fully saturated rings. The van der Waals surface area contributed by atoms with Crippen molar-refractivity contribution < 1.29 is 0 Å². The lowest BCUT2D eigenvalue weighted by atomic mass is 10.1. The first-order valence-electron chi connectivity index (χ1n) is 5.33. The lowest BCUT2D eigenvalue weighted by molar-refractivity contribution is 0.714. The molecule has 14 heavy (non-hydrogen) atoms. The largest absolute Gasteiger partial charge is 0.347 e. The van der Waals surface area contributed by atoms with Crippen LogP contribution in [0, 0.1) is 0 Å². The van der Waals surface area contributed by atoms with Gasteiger partial charge in [0.25, 0.3) is 0 Å². The first-order valence-corrected chi connectivity index (χ1v) is 5.33. The molecule has 2 aliphatic rings. The van der Waals surface area contributed by atoms with Gasteiger partial charge in [0.2, 0.25) is 0 Å². The number of hydrogen-bond acceptors (Lipinski definition) is 3. The van der Waals surface area contributed by atoms with Crippen LogP contribution in [0.3, 0.4) is 0 Å². The van der Waals surface area contributed by atoms with Gasteiger partial charge in [0.05, 0.1) is 6.54 Å². The zero-order valence-corrected chi connectivity index (χ0v) is 9.01. The summed E-state index contributed by atoms with van der Waals surface area (Å²) in [6.07, 6.45) is 7.33. The zero-order valence-electron chi connectivity index (χ0n) is 9.01. The van der Waals surface area contributed by atoms with Crippen LogP contribution in [0.5, 0.6) is 0 Å². The van der Waals surface area contributed by atoms with E-state index in [2.05, 4.69) is 21.7 Å². The highest BCUT2D eigenvalue weighted by atomic mass is 15.0. The summed E-state index contributed by atoms with van der Waals surface area (Å²) < 4.78 is 0. The summed E-state index contributed by atoms with van der Waals surface area (Å²) in [6, 6.07) is 0. The fourth-order valence-corrected chi connectivity index (χ4v) is 1.40. The monoisotopic (exact) mass is 193 g/mol. The zero-order chi connectivity index (χ0) is 10.2. The van der Waals surface area contributed by atoms with Crippen molar-refractivity contribution in [3.8, 4) is 0 Å². The molecule has 0 unspecified atom stereocenters. The number of hydrogen-bond donors (Lipinski definition) is 2. The average Bonchev–Trinajstić information content (AvgIpc) is 2.34. The Morgan fingerprint density at radius 2 is 2.21 bits per heavy atom. The van der Waals surface area contributed by atoms with Crippen LogP contribution in [0.2, 0.25) is 0 Å². The number of nitrogens with zero attached hydrogens (tertiary/aromatic N) is 1. The highest BCUT2D eigenvalue weighted by molar-refractivity contribution is 5.99. The van der Waals surface area contributed by atoms with Crippen LogP contribution in [0.1, 0.15) is 20.3 Å². The maximum Gasteiger partial charge on any atom is 0.129 e. The van der Waals surface area contributed by atoms with E-state index in [9.17, 15) is 0 Å². The molecule has 0 spiro atoms. The molecule has 0 aliphatic carbocycles. The maximum absolute atomic E-state index is 4.36. The molecule has 0 radical (unpaired) electrons. The van der Waals surface area contributed by atoms with Crippen molar-refractivity contribution in [3.63, 3.8) is 0 Å². The van der Waals surface area contributed by atoms with E-state index in [4.69, 9.17) is 0 Å². The third kappa shape index (κ3) is 3.00. The third-order valence-electron chi connectivity index (χ3n) is 2.02. The van der Waals surface area contributed by atoms with Crippen molar-refractivity contribution in [3.05, 3.63) is 23.9 Å². The molecule has 2 N–H and O–H groups in total. The fourth-order valence-electron chi connectivity index (χ4n) is 1.40. The van der Waals surface area contributed by atoms with Crippen molar-refractivity contribution in [1.82, 2.24) is 10.6 Å². The fraction of sp³-hybridized carbons (Fsp3) is 0.545. The van der Waals surface area contributed by atoms with Gasteiger partial charge in [-0.05, 0) is 19.0 Å². The van der Waals surface area contributed by atoms with Crippen LogP contribution in [-0.2, 0) is 0 Å². The van der Waals surface area contributed by atoms with Gasteiger partial charge in [-0.15, -0.1) is 0 Å². The van der Waals surface area contributed by atoms with Gasteiger partial charge >= 0.3 is 0 Å². The summed E-state index contributed by atoms with van der Waals surface area (Å²) in [4.78, 5) is 4.36. The van der Waals surface area contributed by atoms with E-state index < -0.39 is 0 Å². The smallest absolute Gasteiger partial charge is 0.129 e. The normalized spacial score (nSPS) is 19.9. The van der Waals surface area contributed by atoms with E-state index in [0.717, 1.165) is 31.9 Å². The summed E-state index contributed by atoms with van der Waals surface area (Å²) in [5.41, 5.74) is 1.30. The molecule has 78 valence electrons. The quantitative estimate of drug-likeness (QED) is 0.661. The van der Waals surface area contributed by atoms with Gasteiger partial charge in [-0.25, -0.2) is 0 Å². The van der Waals surface area contributed by atoms with E-state index in [1.54, 1.807) is 0 Å². The Morgan fingerprint density at radius 1 is 1.36 bits per heavy atom. The molecular weight excluding hydrogens is 174 g/mol. The molecule has 3 nitrogen and oxygen atoms in total. The predicted octanol–water partition coefficient (Wildman–Crippen LogP) is 1.45. The Hall–Kier alpha value is -1.09. The topological polar surface area (TPSA) is 36.4 Å². The molecule has 2 rings (SSSR count).